The van der Waals surface area contributed by atoms with Crippen LogP contribution in [-0.4, -0.2) is 32.6 Å². The lowest BCUT2D eigenvalue weighted by molar-refractivity contribution is -0.120. The van der Waals surface area contributed by atoms with Gasteiger partial charge in [0.15, 0.2) is 5.82 Å². The second-order valence-electron chi connectivity index (χ2n) is 7.90. The summed E-state index contributed by atoms with van der Waals surface area (Å²) >= 11 is 1.31. The molecule has 0 unspecified atom stereocenters. The van der Waals surface area contributed by atoms with E-state index in [1.54, 1.807) is 0 Å². The summed E-state index contributed by atoms with van der Waals surface area (Å²) in [6, 6.07) is 8.17. The maximum Gasteiger partial charge on any atom is 0.233 e. The highest BCUT2D eigenvalue weighted by Crippen LogP contribution is 2.27. The normalized spacial score (nSPS) is 13.0. The van der Waals surface area contributed by atoms with Crippen LogP contribution in [0.2, 0.25) is 0 Å². The van der Waals surface area contributed by atoms with E-state index in [4.69, 9.17) is 5.84 Å². The van der Waals surface area contributed by atoms with Gasteiger partial charge in [-0.2, -0.15) is 0 Å². The molecule has 1 atom stereocenters. The predicted molar refractivity (Wildman–Crippen MR) is 107 cm³/mol. The Kier molecular flexibility index (Phi) is 6.34. The Labute approximate surface area is 159 Å². The van der Waals surface area contributed by atoms with E-state index in [0.717, 1.165) is 5.56 Å². The molecule has 0 radical (unpaired) electrons. The number of amides is 1. The maximum absolute atomic E-state index is 12.1. The first-order valence-electron chi connectivity index (χ1n) is 8.85. The zero-order valence-electron chi connectivity index (χ0n) is 16.4. The van der Waals surface area contributed by atoms with Crippen LogP contribution in [0, 0.1) is 5.92 Å². The molecule has 6 nitrogen and oxygen atoms in total. The van der Waals surface area contributed by atoms with E-state index in [2.05, 4.69) is 62.3 Å². The van der Waals surface area contributed by atoms with E-state index in [1.165, 1.54) is 22.0 Å². The number of benzene rings is 1. The molecule has 3 N–H and O–H groups in total. The van der Waals surface area contributed by atoms with Crippen LogP contribution in [0.1, 0.15) is 47.1 Å². The monoisotopic (exact) mass is 375 g/mol. The van der Waals surface area contributed by atoms with E-state index >= 15 is 0 Å². The van der Waals surface area contributed by atoms with E-state index in [9.17, 15) is 4.79 Å². The third-order valence-electron chi connectivity index (χ3n) is 4.01. The van der Waals surface area contributed by atoms with Crippen LogP contribution in [0.3, 0.4) is 0 Å². The standard InChI is InChI=1S/C19H29N5OS/c1-12(2)11-21-17(25)13(3)26-18-23-22-16(24(18)20)14-7-9-15(10-8-14)19(4,5)6/h7-10,12-13H,11,20H2,1-6H3,(H,21,25)/t13-/m0/s1. The molecule has 0 saturated carbocycles. The van der Waals surface area contributed by atoms with Crippen LogP contribution < -0.4 is 11.2 Å². The lowest BCUT2D eigenvalue weighted by Crippen LogP contribution is -2.33. The molecular formula is C19H29N5OS. The number of aromatic nitrogens is 3. The molecule has 0 spiro atoms. The van der Waals surface area contributed by atoms with Crippen LogP contribution in [0.5, 0.6) is 0 Å². The third kappa shape index (κ3) is 5.00. The lowest BCUT2D eigenvalue weighted by Gasteiger charge is -2.19. The smallest absolute Gasteiger partial charge is 0.233 e. The Morgan fingerprint density at radius 1 is 1.19 bits per heavy atom. The van der Waals surface area contributed by atoms with Crippen LogP contribution in [0.25, 0.3) is 11.4 Å². The predicted octanol–water partition coefficient (Wildman–Crippen LogP) is 3.21. The van der Waals surface area contributed by atoms with Gasteiger partial charge in [0.1, 0.15) is 0 Å². The van der Waals surface area contributed by atoms with Crippen LogP contribution in [0.4, 0.5) is 0 Å². The zero-order chi connectivity index (χ0) is 19.5. The van der Waals surface area contributed by atoms with Gasteiger partial charge >= 0.3 is 0 Å². The van der Waals surface area contributed by atoms with E-state index in [0.29, 0.717) is 23.4 Å². The molecule has 2 rings (SSSR count). The summed E-state index contributed by atoms with van der Waals surface area (Å²) in [5, 5.41) is 11.5. The van der Waals surface area contributed by atoms with Gasteiger partial charge in [0.05, 0.1) is 5.25 Å². The molecule has 0 aliphatic carbocycles. The van der Waals surface area contributed by atoms with Crippen molar-refractivity contribution in [3.05, 3.63) is 29.8 Å². The highest BCUT2D eigenvalue weighted by molar-refractivity contribution is 8.00. The molecule has 0 bridgehead atoms. The highest BCUT2D eigenvalue weighted by Gasteiger charge is 2.20. The van der Waals surface area contributed by atoms with Gasteiger partial charge < -0.3 is 11.2 Å². The lowest BCUT2D eigenvalue weighted by atomic mass is 9.87. The summed E-state index contributed by atoms with van der Waals surface area (Å²) in [5.74, 6) is 7.14. The fourth-order valence-corrected chi connectivity index (χ4v) is 3.13. The van der Waals surface area contributed by atoms with E-state index < -0.39 is 0 Å². The van der Waals surface area contributed by atoms with Crippen LogP contribution >= 0.6 is 11.8 Å². The second-order valence-corrected chi connectivity index (χ2v) is 9.21. The third-order valence-corrected chi connectivity index (χ3v) is 5.07. The molecule has 7 heteroatoms. The van der Waals surface area contributed by atoms with Gasteiger partial charge in [-0.3, -0.25) is 4.79 Å². The number of nitrogens with two attached hydrogens (primary N) is 1. The number of hydrogen-bond acceptors (Lipinski definition) is 5. The Hall–Kier alpha value is -2.02. The first-order chi connectivity index (χ1) is 12.1. The molecule has 1 aromatic heterocycles. The Bertz CT molecular complexity index is 746. The SMILES string of the molecule is CC(C)CNC(=O)[C@H](C)Sc1nnc(-c2ccc(C(C)(C)C)cc2)n1N. The molecule has 1 amide bonds. The van der Waals surface area contributed by atoms with Crippen molar-refractivity contribution in [2.75, 3.05) is 12.4 Å². The number of nitrogen functional groups attached to an aromatic ring is 1. The average Bonchev–Trinajstić information content (AvgIpc) is 2.92. The first kappa shape index (κ1) is 20.3. The topological polar surface area (TPSA) is 85.8 Å². The quantitative estimate of drug-likeness (QED) is 0.598. The van der Waals surface area contributed by atoms with Crippen molar-refractivity contribution < 1.29 is 4.79 Å². The number of nitrogens with zero attached hydrogens (tertiary/aromatic N) is 3. The van der Waals surface area contributed by atoms with Gasteiger partial charge in [0.2, 0.25) is 11.1 Å². The molecule has 0 fully saturated rings. The van der Waals surface area contributed by atoms with E-state index in [-0.39, 0.29) is 16.6 Å². The van der Waals surface area contributed by atoms with Crippen molar-refractivity contribution in [3.63, 3.8) is 0 Å². The summed E-state index contributed by atoms with van der Waals surface area (Å²) in [6.07, 6.45) is 0. The molecule has 1 heterocycles. The number of carbonyl (C=O) groups is 1. The van der Waals surface area contributed by atoms with Crippen LogP contribution in [-0.2, 0) is 10.2 Å². The van der Waals surface area contributed by atoms with Gasteiger partial charge in [0, 0.05) is 12.1 Å². The fraction of sp³-hybridized carbons (Fsp3) is 0.526. The number of carbonyl (C=O) groups excluding carboxylic acids is 1. The summed E-state index contributed by atoms with van der Waals surface area (Å²) in [6.45, 7) is 13.1. The molecular weight excluding hydrogens is 346 g/mol. The summed E-state index contributed by atoms with van der Waals surface area (Å²) in [4.78, 5) is 12.1. The van der Waals surface area contributed by atoms with Crippen molar-refractivity contribution in [2.24, 2.45) is 5.92 Å². The number of hydrogen-bond donors (Lipinski definition) is 2. The molecule has 1 aromatic carbocycles. The first-order valence-corrected chi connectivity index (χ1v) is 9.73. The van der Waals surface area contributed by atoms with Gasteiger partial charge in [-0.1, -0.05) is 70.6 Å². The van der Waals surface area contributed by atoms with Crippen molar-refractivity contribution >= 4 is 17.7 Å². The molecule has 2 aromatic rings. The summed E-state index contributed by atoms with van der Waals surface area (Å²) in [5.41, 5.74) is 2.24. The number of nitrogens with one attached hydrogen (secondary N) is 1. The number of rotatable bonds is 6. The van der Waals surface area contributed by atoms with Gasteiger partial charge in [-0.25, -0.2) is 4.68 Å². The Morgan fingerprint density at radius 3 is 2.35 bits per heavy atom. The molecule has 0 saturated heterocycles. The molecule has 142 valence electrons. The second kappa shape index (κ2) is 8.12. The highest BCUT2D eigenvalue weighted by atomic mass is 32.2. The van der Waals surface area contributed by atoms with Gasteiger partial charge in [-0.15, -0.1) is 10.2 Å². The van der Waals surface area contributed by atoms with Crippen LogP contribution in [0.15, 0.2) is 29.4 Å². The van der Waals surface area contributed by atoms with Crippen molar-refractivity contribution in [1.82, 2.24) is 20.2 Å². The van der Waals surface area contributed by atoms with Crippen molar-refractivity contribution in [3.8, 4) is 11.4 Å². The Morgan fingerprint density at radius 2 is 1.81 bits per heavy atom. The van der Waals surface area contributed by atoms with Gasteiger partial charge in [-0.05, 0) is 23.8 Å². The fourth-order valence-electron chi connectivity index (χ4n) is 2.33. The van der Waals surface area contributed by atoms with Gasteiger partial charge in [0.25, 0.3) is 0 Å². The van der Waals surface area contributed by atoms with E-state index in [1.807, 2.05) is 19.1 Å². The molecule has 26 heavy (non-hydrogen) atoms. The zero-order valence-corrected chi connectivity index (χ0v) is 17.2. The minimum atomic E-state index is -0.295. The summed E-state index contributed by atoms with van der Waals surface area (Å²) < 4.78 is 1.45. The van der Waals surface area contributed by atoms with Crippen molar-refractivity contribution in [2.45, 2.75) is 57.4 Å². The van der Waals surface area contributed by atoms with Crippen molar-refractivity contribution in [1.29, 1.82) is 0 Å². The molecule has 0 aliphatic rings. The number of thioether (sulfide) groups is 1. The largest absolute Gasteiger partial charge is 0.355 e. The average molecular weight is 376 g/mol. The maximum atomic E-state index is 12.1. The summed E-state index contributed by atoms with van der Waals surface area (Å²) in [7, 11) is 0. The molecule has 0 aliphatic heterocycles. The Balaban J connectivity index is 2.11. The minimum absolute atomic E-state index is 0.0252. The minimum Gasteiger partial charge on any atom is -0.355 e.